The van der Waals surface area contributed by atoms with Crippen LogP contribution in [0.3, 0.4) is 0 Å². The van der Waals surface area contributed by atoms with Crippen LogP contribution < -0.4 is 40.2 Å². The van der Waals surface area contributed by atoms with E-state index in [9.17, 15) is 29.4 Å². The molecule has 3 aliphatic heterocycles. The molecule has 12 heteroatoms. The molecular formula is C22H25N3NaO7S+. The number of anilines is 1. The quantitative estimate of drug-likeness (QED) is 0.211. The van der Waals surface area contributed by atoms with E-state index in [0.29, 0.717) is 23.6 Å². The summed E-state index contributed by atoms with van der Waals surface area (Å²) in [6.45, 7) is 3.87. The summed E-state index contributed by atoms with van der Waals surface area (Å²) in [6, 6.07) is 5.07. The minimum atomic E-state index is -1.18. The molecule has 10 nitrogen and oxygen atoms in total. The van der Waals surface area contributed by atoms with Gasteiger partial charge < -0.3 is 30.9 Å². The summed E-state index contributed by atoms with van der Waals surface area (Å²) in [5.41, 5.74) is 0.418. The van der Waals surface area contributed by atoms with Gasteiger partial charge >= 0.3 is 41.5 Å². The molecule has 0 saturated carbocycles. The van der Waals surface area contributed by atoms with Crippen molar-refractivity contribution in [3.8, 4) is 0 Å². The SMILES string of the molecule is C[C@@H](O)[C@H]1C(=O)N2C(C(=O)O)=C(S[C@@H]3CN[C@H](C(=O)Nc4cccc(C(=O)O)c4)C3)[C@H](C)[C@H]12.[Na+]. The Morgan fingerprint density at radius 1 is 1.24 bits per heavy atom. The standard InChI is InChI=1S/C22H25N3O7S.Na/c1-9-16-15(10(2)26)20(28)25(16)17(22(31)32)18(9)33-13-7-14(23-8-13)19(27)24-12-5-3-4-11(6-12)21(29)30;/h3-6,9-10,13-16,23,26H,7-8H2,1-2H3,(H,24,27)(H,29,30)(H,31,32);/q;+1/t9-,10-,13+,14+,15-,16-;/m1./s1. The van der Waals surface area contributed by atoms with Crippen molar-refractivity contribution in [2.45, 2.75) is 43.7 Å². The number of carbonyl (C=O) groups excluding carboxylic acids is 2. The van der Waals surface area contributed by atoms with Crippen LogP contribution >= 0.6 is 11.8 Å². The topological polar surface area (TPSA) is 156 Å². The van der Waals surface area contributed by atoms with E-state index in [2.05, 4.69) is 10.6 Å². The number of hydrogen-bond acceptors (Lipinski definition) is 7. The van der Waals surface area contributed by atoms with E-state index in [1.807, 2.05) is 6.92 Å². The molecule has 0 spiro atoms. The Labute approximate surface area is 222 Å². The van der Waals surface area contributed by atoms with Crippen LogP contribution in [0.25, 0.3) is 0 Å². The number of rotatable bonds is 7. The first kappa shape index (κ1) is 26.7. The van der Waals surface area contributed by atoms with Gasteiger partial charge in [0.05, 0.1) is 29.7 Å². The monoisotopic (exact) mass is 498 g/mol. The van der Waals surface area contributed by atoms with E-state index in [-0.39, 0.29) is 69.8 Å². The second kappa shape index (κ2) is 10.4. The molecule has 0 aromatic heterocycles. The zero-order valence-electron chi connectivity index (χ0n) is 19.0. The predicted molar refractivity (Wildman–Crippen MR) is 119 cm³/mol. The third-order valence-electron chi connectivity index (χ3n) is 6.39. The minimum Gasteiger partial charge on any atom is -0.478 e. The van der Waals surface area contributed by atoms with Crippen LogP contribution in [0.4, 0.5) is 5.69 Å². The smallest absolute Gasteiger partial charge is 0.478 e. The number of amides is 2. The van der Waals surface area contributed by atoms with Gasteiger partial charge in [-0.25, -0.2) is 9.59 Å². The van der Waals surface area contributed by atoms with Crippen LogP contribution in [0.2, 0.25) is 0 Å². The van der Waals surface area contributed by atoms with E-state index in [0.717, 1.165) is 0 Å². The fraction of sp³-hybridized carbons (Fsp3) is 0.455. The molecule has 6 atom stereocenters. The number of nitrogens with one attached hydrogen (secondary N) is 2. The largest absolute Gasteiger partial charge is 1.00 e. The molecule has 0 unspecified atom stereocenters. The van der Waals surface area contributed by atoms with E-state index in [1.165, 1.54) is 35.7 Å². The number of aliphatic carboxylic acids is 1. The molecule has 3 heterocycles. The second-order valence-corrected chi connectivity index (χ2v) is 9.93. The Hall–Kier alpha value is -1.89. The van der Waals surface area contributed by atoms with Crippen molar-refractivity contribution in [2.75, 3.05) is 11.9 Å². The van der Waals surface area contributed by atoms with Crippen LogP contribution in [-0.4, -0.2) is 74.0 Å². The van der Waals surface area contributed by atoms with Gasteiger partial charge in [-0.1, -0.05) is 13.0 Å². The minimum absolute atomic E-state index is 0. The number of carboxylic acids is 2. The summed E-state index contributed by atoms with van der Waals surface area (Å²) in [6.07, 6.45) is -0.419. The van der Waals surface area contributed by atoms with Crippen LogP contribution in [0.5, 0.6) is 0 Å². The average Bonchev–Trinajstić information content (AvgIpc) is 3.30. The zero-order chi connectivity index (χ0) is 24.0. The summed E-state index contributed by atoms with van der Waals surface area (Å²) in [5.74, 6) is -3.79. The fourth-order valence-electron chi connectivity index (χ4n) is 4.81. The number of nitrogens with zero attached hydrogens (tertiary/aromatic N) is 1. The molecule has 2 amide bonds. The van der Waals surface area contributed by atoms with Crippen molar-refractivity contribution >= 4 is 41.2 Å². The Morgan fingerprint density at radius 3 is 2.56 bits per heavy atom. The maximum Gasteiger partial charge on any atom is 1.00 e. The van der Waals surface area contributed by atoms with Crippen LogP contribution in [0, 0.1) is 11.8 Å². The third kappa shape index (κ3) is 4.77. The van der Waals surface area contributed by atoms with Gasteiger partial charge in [-0.2, -0.15) is 0 Å². The summed E-state index contributed by atoms with van der Waals surface area (Å²) in [5, 5.41) is 34.6. The molecule has 0 aliphatic carbocycles. The first-order valence-corrected chi connectivity index (χ1v) is 11.5. The maximum atomic E-state index is 12.7. The number of aliphatic hydroxyl groups is 1. The molecule has 4 rings (SSSR count). The Balaban J connectivity index is 0.00000324. The number of β-lactam (4-membered cyclic amide) rings is 1. The van der Waals surface area contributed by atoms with Crippen LogP contribution in [0.15, 0.2) is 34.9 Å². The van der Waals surface area contributed by atoms with Crippen LogP contribution in [-0.2, 0) is 14.4 Å². The van der Waals surface area contributed by atoms with Gasteiger partial charge in [-0.3, -0.25) is 9.59 Å². The van der Waals surface area contributed by atoms with Gasteiger partial charge in [0.2, 0.25) is 11.8 Å². The number of aromatic carboxylic acids is 1. The first-order valence-electron chi connectivity index (χ1n) is 10.6. The molecule has 34 heavy (non-hydrogen) atoms. The third-order valence-corrected chi connectivity index (χ3v) is 7.90. The van der Waals surface area contributed by atoms with Crippen molar-refractivity contribution in [3.63, 3.8) is 0 Å². The number of thioether (sulfide) groups is 1. The number of benzene rings is 1. The number of carbonyl (C=O) groups is 4. The predicted octanol–water partition coefficient (Wildman–Crippen LogP) is -2.06. The summed E-state index contributed by atoms with van der Waals surface area (Å²) < 4.78 is 0. The molecule has 0 bridgehead atoms. The maximum absolute atomic E-state index is 12.7. The Bertz CT molecular complexity index is 1060. The van der Waals surface area contributed by atoms with Gasteiger partial charge in [-0.15, -0.1) is 11.8 Å². The van der Waals surface area contributed by atoms with Gasteiger partial charge in [0.15, 0.2) is 0 Å². The number of carboxylic acid groups (broad SMARTS) is 2. The number of aliphatic hydroxyl groups excluding tert-OH is 1. The fourth-order valence-corrected chi connectivity index (χ4v) is 6.29. The molecule has 3 aliphatic rings. The first-order chi connectivity index (χ1) is 15.6. The molecule has 0 radical (unpaired) electrons. The van der Waals surface area contributed by atoms with Gasteiger partial charge in [-0.05, 0) is 31.5 Å². The van der Waals surface area contributed by atoms with E-state index in [1.54, 1.807) is 12.1 Å². The summed E-state index contributed by atoms with van der Waals surface area (Å²) in [7, 11) is 0. The number of hydrogen-bond donors (Lipinski definition) is 5. The van der Waals surface area contributed by atoms with Crippen molar-refractivity contribution in [1.29, 1.82) is 0 Å². The average molecular weight is 499 g/mol. The molecule has 1 aromatic rings. The van der Waals surface area contributed by atoms with Gasteiger partial charge in [0.1, 0.15) is 5.70 Å². The molecule has 176 valence electrons. The molecule has 1 aromatic carbocycles. The molecular weight excluding hydrogens is 473 g/mol. The molecule has 5 N–H and O–H groups in total. The van der Waals surface area contributed by atoms with E-state index in [4.69, 9.17) is 5.11 Å². The second-order valence-electron chi connectivity index (χ2n) is 8.58. The van der Waals surface area contributed by atoms with Crippen molar-refractivity contribution in [1.82, 2.24) is 10.2 Å². The summed E-state index contributed by atoms with van der Waals surface area (Å²) in [4.78, 5) is 50.1. The zero-order valence-corrected chi connectivity index (χ0v) is 21.8. The van der Waals surface area contributed by atoms with Crippen molar-refractivity contribution in [3.05, 3.63) is 40.4 Å². The Morgan fingerprint density at radius 2 is 1.94 bits per heavy atom. The summed E-state index contributed by atoms with van der Waals surface area (Å²) >= 11 is 1.36. The van der Waals surface area contributed by atoms with E-state index < -0.39 is 30.0 Å². The number of fused-ring (bicyclic) bond motifs is 1. The van der Waals surface area contributed by atoms with Gasteiger partial charge in [0, 0.05) is 28.3 Å². The van der Waals surface area contributed by atoms with Crippen LogP contribution in [0.1, 0.15) is 30.6 Å². The normalized spacial score (nSPS) is 28.6. The van der Waals surface area contributed by atoms with Crippen molar-refractivity contribution in [2.24, 2.45) is 11.8 Å². The van der Waals surface area contributed by atoms with Gasteiger partial charge in [0.25, 0.3) is 0 Å². The van der Waals surface area contributed by atoms with E-state index >= 15 is 0 Å². The Kier molecular flexibility index (Phi) is 8.16. The van der Waals surface area contributed by atoms with Crippen molar-refractivity contribution < 1.29 is 64.1 Å². The molecule has 2 saturated heterocycles. The molecule has 2 fully saturated rings.